The van der Waals surface area contributed by atoms with E-state index in [1.165, 1.54) is 49.6 Å². The third-order valence-electron chi connectivity index (χ3n) is 10.3. The molecule has 7 rings (SSSR count). The highest BCUT2D eigenvalue weighted by Crippen LogP contribution is 2.64. The van der Waals surface area contributed by atoms with E-state index in [0.29, 0.717) is 11.1 Å². The largest absolute Gasteiger partial charge is 0.504 e. The Bertz CT molecular complexity index is 1960. The summed E-state index contributed by atoms with van der Waals surface area (Å²) in [7, 11) is 1.38. The van der Waals surface area contributed by atoms with E-state index in [2.05, 4.69) is 0 Å². The van der Waals surface area contributed by atoms with Crippen LogP contribution in [0, 0.1) is 45.0 Å². The molecule has 2 aliphatic carbocycles. The van der Waals surface area contributed by atoms with Gasteiger partial charge in [-0.3, -0.25) is 29.3 Å². The van der Waals surface area contributed by atoms with Gasteiger partial charge in [-0.1, -0.05) is 35.4 Å². The second kappa shape index (κ2) is 10.7. The lowest BCUT2D eigenvalue weighted by molar-refractivity contribution is -0.384. The number of hydrogen-bond donors (Lipinski definition) is 1. The zero-order valence-electron chi connectivity index (χ0n) is 25.1. The lowest BCUT2D eigenvalue weighted by Gasteiger charge is -2.49. The van der Waals surface area contributed by atoms with Crippen LogP contribution in [0.25, 0.3) is 0 Å². The summed E-state index contributed by atoms with van der Waals surface area (Å²) in [6.07, 6.45) is 2.08. The van der Waals surface area contributed by atoms with E-state index in [1.54, 1.807) is 19.1 Å². The van der Waals surface area contributed by atoms with Gasteiger partial charge in [0.05, 0.1) is 51.6 Å². The van der Waals surface area contributed by atoms with Gasteiger partial charge >= 0.3 is 0 Å². The first-order valence-electron chi connectivity index (χ1n) is 14.9. The number of benzene rings is 3. The van der Waals surface area contributed by atoms with Crippen molar-refractivity contribution in [3.63, 3.8) is 0 Å². The molecule has 6 atom stereocenters. The van der Waals surface area contributed by atoms with Crippen LogP contribution in [0.1, 0.15) is 31.2 Å². The molecule has 1 N–H and O–H groups in total. The number of rotatable bonds is 5. The summed E-state index contributed by atoms with van der Waals surface area (Å²) in [5.74, 6) is -6.91. The number of phenols is 1. The smallest absolute Gasteiger partial charge is 0.271 e. The third kappa shape index (κ3) is 4.31. The molecule has 4 amide bonds. The maximum atomic E-state index is 14.5. The number of non-ortho nitro benzene ring substituents is 1. The van der Waals surface area contributed by atoms with Crippen LogP contribution >= 0.6 is 11.6 Å². The normalized spacial score (nSPS) is 28.2. The maximum absolute atomic E-state index is 14.5. The van der Waals surface area contributed by atoms with Gasteiger partial charge < -0.3 is 9.84 Å². The number of aromatic hydroxyl groups is 1. The summed E-state index contributed by atoms with van der Waals surface area (Å²) in [5.41, 5.74) is -0.239. The molecule has 240 valence electrons. The number of imide groups is 2. The summed E-state index contributed by atoms with van der Waals surface area (Å²) in [6, 6.07) is 13.5. The number of carbonyl (C=O) groups is 4. The second-order valence-electron chi connectivity index (χ2n) is 12.5. The quantitative estimate of drug-likeness (QED) is 0.163. The van der Waals surface area contributed by atoms with Crippen LogP contribution < -0.4 is 14.5 Å². The van der Waals surface area contributed by atoms with Crippen LogP contribution in [-0.4, -0.2) is 40.8 Å². The number of fused-ring (bicyclic) bond motifs is 4. The Hall–Kier alpha value is -5.10. The number of nitro benzene ring substituents is 1. The molecule has 1 saturated carbocycles. The number of halogens is 2. The van der Waals surface area contributed by atoms with Crippen molar-refractivity contribution in [1.29, 1.82) is 0 Å². The molecule has 11 nitrogen and oxygen atoms in total. The fourth-order valence-electron chi connectivity index (χ4n) is 8.14. The number of anilines is 2. The number of phenolic OH excluding ortho intramolecular Hbond substituents is 1. The molecule has 0 radical (unpaired) electrons. The Kier molecular flexibility index (Phi) is 6.97. The molecule has 2 heterocycles. The molecule has 13 heteroatoms. The van der Waals surface area contributed by atoms with Gasteiger partial charge in [-0.05, 0) is 67.6 Å². The summed E-state index contributed by atoms with van der Waals surface area (Å²) in [6.45, 7) is 1.69. The van der Waals surface area contributed by atoms with Crippen molar-refractivity contribution in [1.82, 2.24) is 0 Å². The number of carbonyl (C=O) groups excluding carboxylic acids is 4. The van der Waals surface area contributed by atoms with Crippen molar-refractivity contribution < 1.29 is 38.3 Å². The molecular weight excluding hydrogens is 633 g/mol. The molecule has 4 aliphatic rings. The number of nitrogens with zero attached hydrogens (tertiary/aromatic N) is 3. The van der Waals surface area contributed by atoms with Gasteiger partial charge in [0.1, 0.15) is 5.82 Å². The Morgan fingerprint density at radius 2 is 1.72 bits per heavy atom. The first kappa shape index (κ1) is 30.5. The minimum Gasteiger partial charge on any atom is -0.504 e. The first-order chi connectivity index (χ1) is 22.4. The number of amides is 4. The Morgan fingerprint density at radius 1 is 0.979 bits per heavy atom. The average Bonchev–Trinajstić information content (AvgIpc) is 3.42. The van der Waals surface area contributed by atoms with E-state index < -0.39 is 69.4 Å². The zero-order chi connectivity index (χ0) is 33.5. The van der Waals surface area contributed by atoms with E-state index in [0.717, 1.165) is 15.9 Å². The van der Waals surface area contributed by atoms with Gasteiger partial charge in [-0.25, -0.2) is 14.2 Å². The van der Waals surface area contributed by atoms with E-state index in [-0.39, 0.29) is 46.4 Å². The molecule has 2 saturated heterocycles. The van der Waals surface area contributed by atoms with Crippen molar-refractivity contribution >= 4 is 52.3 Å². The fraction of sp³-hybridized carbons (Fsp3) is 0.294. The van der Waals surface area contributed by atoms with Crippen molar-refractivity contribution in [2.75, 3.05) is 16.9 Å². The number of methoxy groups -OCH3 is 1. The third-order valence-corrected chi connectivity index (χ3v) is 10.6. The van der Waals surface area contributed by atoms with Gasteiger partial charge in [0.2, 0.25) is 23.6 Å². The van der Waals surface area contributed by atoms with Crippen molar-refractivity contribution in [2.24, 2.45) is 29.1 Å². The van der Waals surface area contributed by atoms with Crippen LogP contribution in [-0.2, 0) is 19.2 Å². The minimum absolute atomic E-state index is 0.0625. The number of allylic oxidation sites excluding steroid dienone is 2. The summed E-state index contributed by atoms with van der Waals surface area (Å²) < 4.78 is 19.5. The number of ether oxygens (including phenoxy) is 1. The van der Waals surface area contributed by atoms with Gasteiger partial charge in [0, 0.05) is 18.1 Å². The zero-order valence-corrected chi connectivity index (χ0v) is 25.8. The summed E-state index contributed by atoms with van der Waals surface area (Å²) in [5, 5.41) is 21.6. The Labute approximate surface area is 272 Å². The van der Waals surface area contributed by atoms with Gasteiger partial charge in [-0.15, -0.1) is 0 Å². The predicted octanol–water partition coefficient (Wildman–Crippen LogP) is 5.54. The van der Waals surface area contributed by atoms with Crippen LogP contribution in [0.2, 0.25) is 5.02 Å². The topological polar surface area (TPSA) is 147 Å². The van der Waals surface area contributed by atoms with Crippen molar-refractivity contribution in [2.45, 2.75) is 25.7 Å². The van der Waals surface area contributed by atoms with Gasteiger partial charge in [0.25, 0.3) is 5.69 Å². The van der Waals surface area contributed by atoms with Gasteiger partial charge in [0.15, 0.2) is 11.5 Å². The lowest BCUT2D eigenvalue weighted by atomic mass is 9.51. The SMILES string of the molecule is COc1cc([C@H]2C3=CC[C@@H]4C(=O)N(c5cccc([N+](=O)[O-])c5)C(=O)[C@@H]4[C@@H]3C[C@H]3C(=O)N(c4ccc(F)c(Cl)c4)C(=O)[C@@]23C)ccc1O. The van der Waals surface area contributed by atoms with E-state index >= 15 is 0 Å². The Morgan fingerprint density at radius 3 is 2.43 bits per heavy atom. The van der Waals surface area contributed by atoms with E-state index in [9.17, 15) is 38.8 Å². The highest BCUT2D eigenvalue weighted by atomic mass is 35.5. The number of nitro groups is 1. The minimum atomic E-state index is -1.39. The molecule has 3 aromatic carbocycles. The molecule has 0 unspecified atom stereocenters. The molecule has 0 spiro atoms. The van der Waals surface area contributed by atoms with Crippen molar-refractivity contribution in [3.8, 4) is 11.5 Å². The lowest BCUT2D eigenvalue weighted by Crippen LogP contribution is -2.48. The van der Waals surface area contributed by atoms with E-state index in [4.69, 9.17) is 16.3 Å². The number of hydrogen-bond acceptors (Lipinski definition) is 8. The highest BCUT2D eigenvalue weighted by Gasteiger charge is 2.67. The molecule has 0 bridgehead atoms. The van der Waals surface area contributed by atoms with Gasteiger partial charge in [-0.2, -0.15) is 0 Å². The summed E-state index contributed by atoms with van der Waals surface area (Å²) in [4.78, 5) is 69.6. The Balaban J connectivity index is 1.37. The van der Waals surface area contributed by atoms with Crippen LogP contribution in [0.15, 0.2) is 72.3 Å². The van der Waals surface area contributed by atoms with Crippen LogP contribution in [0.5, 0.6) is 11.5 Å². The molecular formula is C34H27ClFN3O8. The molecule has 0 aromatic heterocycles. The fourth-order valence-corrected chi connectivity index (χ4v) is 8.31. The monoisotopic (exact) mass is 659 g/mol. The molecule has 2 aliphatic heterocycles. The second-order valence-corrected chi connectivity index (χ2v) is 12.9. The van der Waals surface area contributed by atoms with Crippen molar-refractivity contribution in [3.05, 3.63) is 98.8 Å². The standard InChI is InChI=1S/C34H27ClFN3O8/c1-34-23(31(42)38(33(34)44)18-7-10-25(36)24(35)14-18)15-22-20(29(34)16-6-11-26(40)27(12-16)47-2)8-9-21-28(22)32(43)37(30(21)41)17-4-3-5-19(13-17)39(45)46/h3-8,10-14,21-23,28-29,40H,9,15H2,1-2H3/t21-,22+,23-,28-,29-,34+/m0/s1. The maximum Gasteiger partial charge on any atom is 0.271 e. The molecule has 47 heavy (non-hydrogen) atoms. The molecule has 3 fully saturated rings. The van der Waals surface area contributed by atoms with E-state index in [1.807, 2.05) is 6.08 Å². The average molecular weight is 660 g/mol. The molecule has 3 aromatic rings. The van der Waals surface area contributed by atoms with Crippen LogP contribution in [0.3, 0.4) is 0 Å². The first-order valence-corrected chi connectivity index (χ1v) is 15.3. The van der Waals surface area contributed by atoms with Crippen LogP contribution in [0.4, 0.5) is 21.5 Å². The summed E-state index contributed by atoms with van der Waals surface area (Å²) >= 11 is 6.05. The predicted molar refractivity (Wildman–Crippen MR) is 166 cm³/mol. The highest BCUT2D eigenvalue weighted by molar-refractivity contribution is 6.32.